The minimum atomic E-state index is -0.484. The van der Waals surface area contributed by atoms with Crippen LogP contribution < -0.4 is 4.74 Å². The molecule has 0 bridgehead atoms. The molecular weight excluding hydrogens is 399 g/mol. The number of hydrogen-bond donors (Lipinski definition) is 0. The third kappa shape index (κ3) is 5.46. The van der Waals surface area contributed by atoms with Crippen LogP contribution in [0.15, 0.2) is 6.07 Å². The van der Waals surface area contributed by atoms with E-state index >= 15 is 0 Å². The van der Waals surface area contributed by atoms with Gasteiger partial charge in [-0.15, -0.1) is 0 Å². The summed E-state index contributed by atoms with van der Waals surface area (Å²) in [6.07, 6.45) is 0.582. The molecular formula is C21H32Cl2N2O3. The Labute approximate surface area is 178 Å². The zero-order valence-corrected chi connectivity index (χ0v) is 19.3. The third-order valence-electron chi connectivity index (χ3n) is 4.81. The van der Waals surface area contributed by atoms with Gasteiger partial charge in [0.05, 0.1) is 11.6 Å². The van der Waals surface area contributed by atoms with E-state index in [0.29, 0.717) is 36.3 Å². The van der Waals surface area contributed by atoms with Crippen molar-refractivity contribution in [2.75, 3.05) is 26.2 Å². The van der Waals surface area contributed by atoms with Gasteiger partial charge in [0.2, 0.25) is 0 Å². The second kappa shape index (κ2) is 9.55. The number of nitrogens with zero attached hydrogens (tertiary/aromatic N) is 2. The summed E-state index contributed by atoms with van der Waals surface area (Å²) in [6.45, 7) is 14.9. The molecule has 0 radical (unpaired) electrons. The lowest BCUT2D eigenvalue weighted by Crippen LogP contribution is -2.55. The van der Waals surface area contributed by atoms with Gasteiger partial charge >= 0.3 is 6.09 Å². The number of fused-ring (bicyclic) bond motifs is 2. The topological polar surface area (TPSA) is 42.0 Å². The van der Waals surface area contributed by atoms with Gasteiger partial charge in [0.25, 0.3) is 0 Å². The van der Waals surface area contributed by atoms with Gasteiger partial charge in [-0.05, 0) is 45.7 Å². The summed E-state index contributed by atoms with van der Waals surface area (Å²) >= 11 is 12.8. The Morgan fingerprint density at radius 3 is 2.57 bits per heavy atom. The molecule has 2 aliphatic rings. The van der Waals surface area contributed by atoms with E-state index in [9.17, 15) is 4.79 Å². The van der Waals surface area contributed by atoms with Crippen LogP contribution in [-0.4, -0.2) is 53.8 Å². The molecule has 1 unspecified atom stereocenters. The Kier molecular flexibility index (Phi) is 7.89. The standard InChI is InChI=1S/C19H26Cl2N2O3.C2H6/c1-12-15(20)9-13-10-22-6-7-23(18(24)26-19(2,3)4)11-14(22)5-8-25-17(13)16(12)21;1-2/h9,14H,5-8,10-11H2,1-4H3;1-2H3. The number of carbonyl (C=O) groups excluding carboxylic acids is 1. The molecule has 1 aromatic rings. The van der Waals surface area contributed by atoms with Crippen molar-refractivity contribution in [1.29, 1.82) is 0 Å². The maximum Gasteiger partial charge on any atom is 0.410 e. The van der Waals surface area contributed by atoms with Crippen molar-refractivity contribution in [3.63, 3.8) is 0 Å². The van der Waals surface area contributed by atoms with Crippen molar-refractivity contribution in [3.05, 3.63) is 27.2 Å². The molecule has 3 rings (SSSR count). The van der Waals surface area contributed by atoms with Gasteiger partial charge in [-0.2, -0.15) is 0 Å². The van der Waals surface area contributed by atoms with Crippen LogP contribution in [0.2, 0.25) is 10.0 Å². The number of benzene rings is 1. The van der Waals surface area contributed by atoms with Crippen LogP contribution in [0.3, 0.4) is 0 Å². The van der Waals surface area contributed by atoms with E-state index in [-0.39, 0.29) is 12.1 Å². The molecule has 0 aliphatic carbocycles. The molecule has 2 aliphatic heterocycles. The van der Waals surface area contributed by atoms with Crippen LogP contribution in [0, 0.1) is 6.92 Å². The summed E-state index contributed by atoms with van der Waals surface area (Å²) in [6, 6.07) is 2.17. The average Bonchev–Trinajstić information content (AvgIpc) is 2.61. The molecule has 0 spiro atoms. The molecule has 5 nitrogen and oxygen atoms in total. The monoisotopic (exact) mass is 430 g/mol. The van der Waals surface area contributed by atoms with Crippen molar-refractivity contribution in [1.82, 2.24) is 9.80 Å². The molecule has 1 amide bonds. The molecule has 1 atom stereocenters. The largest absolute Gasteiger partial charge is 0.492 e. The predicted molar refractivity (Wildman–Crippen MR) is 115 cm³/mol. The summed E-state index contributed by atoms with van der Waals surface area (Å²) in [4.78, 5) is 16.6. The Hall–Kier alpha value is -1.17. The average molecular weight is 431 g/mol. The first-order valence-corrected chi connectivity index (χ1v) is 10.7. The molecule has 158 valence electrons. The summed E-state index contributed by atoms with van der Waals surface area (Å²) in [5.41, 5.74) is 1.36. The second-order valence-electron chi connectivity index (χ2n) is 7.97. The van der Waals surface area contributed by atoms with Gasteiger partial charge in [0.1, 0.15) is 11.4 Å². The van der Waals surface area contributed by atoms with E-state index in [4.69, 9.17) is 32.7 Å². The number of carbonyl (C=O) groups is 1. The molecule has 1 fully saturated rings. The van der Waals surface area contributed by atoms with Crippen molar-refractivity contribution >= 4 is 29.3 Å². The maximum atomic E-state index is 12.4. The number of ether oxygens (including phenoxy) is 2. The molecule has 7 heteroatoms. The molecule has 0 saturated carbocycles. The lowest BCUT2D eigenvalue weighted by Gasteiger charge is -2.42. The van der Waals surface area contributed by atoms with Gasteiger partial charge in [0.15, 0.2) is 0 Å². The fourth-order valence-corrected chi connectivity index (χ4v) is 3.95. The lowest BCUT2D eigenvalue weighted by molar-refractivity contribution is -0.00193. The lowest BCUT2D eigenvalue weighted by atomic mass is 10.0. The minimum Gasteiger partial charge on any atom is -0.492 e. The van der Waals surface area contributed by atoms with Gasteiger partial charge in [0, 0.05) is 42.8 Å². The highest BCUT2D eigenvalue weighted by Crippen LogP contribution is 2.38. The smallest absolute Gasteiger partial charge is 0.410 e. The molecule has 0 aromatic heterocycles. The number of rotatable bonds is 0. The minimum absolute atomic E-state index is 0.225. The first kappa shape index (κ1) is 23.1. The van der Waals surface area contributed by atoms with Crippen LogP contribution in [0.5, 0.6) is 5.75 Å². The summed E-state index contributed by atoms with van der Waals surface area (Å²) in [5.74, 6) is 0.738. The van der Waals surface area contributed by atoms with E-state index < -0.39 is 5.60 Å². The van der Waals surface area contributed by atoms with Crippen molar-refractivity contribution in [3.8, 4) is 5.75 Å². The maximum absolute atomic E-state index is 12.4. The predicted octanol–water partition coefficient (Wildman–Crippen LogP) is 5.53. The molecule has 2 heterocycles. The summed E-state index contributed by atoms with van der Waals surface area (Å²) < 4.78 is 11.5. The van der Waals surface area contributed by atoms with E-state index in [1.54, 1.807) is 4.90 Å². The highest BCUT2D eigenvalue weighted by Gasteiger charge is 2.33. The van der Waals surface area contributed by atoms with Crippen LogP contribution in [0.4, 0.5) is 4.79 Å². The van der Waals surface area contributed by atoms with Crippen molar-refractivity contribution in [2.24, 2.45) is 0 Å². The number of halogens is 2. The number of amides is 1. The van der Waals surface area contributed by atoms with E-state index in [0.717, 1.165) is 29.8 Å². The Balaban J connectivity index is 0.00000136. The van der Waals surface area contributed by atoms with Gasteiger partial charge in [-0.1, -0.05) is 37.0 Å². The summed E-state index contributed by atoms with van der Waals surface area (Å²) in [5, 5.41) is 1.25. The fourth-order valence-electron chi connectivity index (χ4n) is 3.40. The normalized spacial score (nSPS) is 19.9. The van der Waals surface area contributed by atoms with Crippen LogP contribution in [0.1, 0.15) is 52.2 Å². The van der Waals surface area contributed by atoms with Gasteiger partial charge in [-0.3, -0.25) is 4.90 Å². The fraction of sp³-hybridized carbons (Fsp3) is 0.667. The van der Waals surface area contributed by atoms with E-state index in [1.165, 1.54) is 0 Å². The Bertz CT molecular complexity index is 704. The Morgan fingerprint density at radius 1 is 1.25 bits per heavy atom. The molecule has 1 aromatic carbocycles. The number of piperazine rings is 1. The van der Waals surface area contributed by atoms with Crippen molar-refractivity contribution < 1.29 is 14.3 Å². The van der Waals surface area contributed by atoms with Crippen LogP contribution in [0.25, 0.3) is 0 Å². The quantitative estimate of drug-likeness (QED) is 0.542. The first-order chi connectivity index (χ1) is 13.2. The first-order valence-electron chi connectivity index (χ1n) is 9.98. The second-order valence-corrected chi connectivity index (χ2v) is 8.76. The molecule has 1 saturated heterocycles. The highest BCUT2D eigenvalue weighted by atomic mass is 35.5. The molecule has 28 heavy (non-hydrogen) atoms. The summed E-state index contributed by atoms with van der Waals surface area (Å²) in [7, 11) is 0. The zero-order valence-electron chi connectivity index (χ0n) is 17.8. The third-order valence-corrected chi connectivity index (χ3v) is 5.65. The Morgan fingerprint density at radius 2 is 1.93 bits per heavy atom. The number of hydrogen-bond acceptors (Lipinski definition) is 4. The SMILES string of the molecule is CC.Cc1c(Cl)cc2c(c1Cl)OCCC1CN(C(=O)OC(C)(C)C)CCN1C2. The van der Waals surface area contributed by atoms with E-state index in [2.05, 4.69) is 4.90 Å². The van der Waals surface area contributed by atoms with Gasteiger partial charge in [-0.25, -0.2) is 4.79 Å². The zero-order chi connectivity index (χ0) is 21.1. The van der Waals surface area contributed by atoms with Gasteiger partial charge < -0.3 is 14.4 Å². The van der Waals surface area contributed by atoms with E-state index in [1.807, 2.05) is 47.6 Å². The molecule has 0 N–H and O–H groups in total. The highest BCUT2D eigenvalue weighted by molar-refractivity contribution is 6.37. The van der Waals surface area contributed by atoms with Crippen LogP contribution in [-0.2, 0) is 11.3 Å². The van der Waals surface area contributed by atoms with Crippen LogP contribution >= 0.6 is 23.2 Å². The van der Waals surface area contributed by atoms with Crippen molar-refractivity contribution in [2.45, 2.75) is 66.2 Å².